The zero-order chi connectivity index (χ0) is 16.1. The van der Waals surface area contributed by atoms with Crippen molar-refractivity contribution in [1.29, 1.82) is 0 Å². The van der Waals surface area contributed by atoms with Crippen molar-refractivity contribution in [3.8, 4) is 0 Å². The predicted molar refractivity (Wildman–Crippen MR) is 86.6 cm³/mol. The second-order valence-corrected chi connectivity index (χ2v) is 6.62. The van der Waals surface area contributed by atoms with Crippen LogP contribution in [0.3, 0.4) is 0 Å². The summed E-state index contributed by atoms with van der Waals surface area (Å²) >= 11 is 4.37. The van der Waals surface area contributed by atoms with Crippen molar-refractivity contribution >= 4 is 45.5 Å². The van der Waals surface area contributed by atoms with Gasteiger partial charge < -0.3 is 15.3 Å². The van der Waals surface area contributed by atoms with E-state index in [9.17, 15) is 14.4 Å². The van der Waals surface area contributed by atoms with Crippen molar-refractivity contribution < 1.29 is 19.5 Å². The van der Waals surface area contributed by atoms with Gasteiger partial charge >= 0.3 is 5.97 Å². The van der Waals surface area contributed by atoms with Crippen molar-refractivity contribution in [3.63, 3.8) is 0 Å². The summed E-state index contributed by atoms with van der Waals surface area (Å²) in [5.41, 5.74) is 0.733. The van der Waals surface area contributed by atoms with Gasteiger partial charge in [-0.15, -0.1) is 11.8 Å². The normalized spacial score (nSPS) is 18.0. The summed E-state index contributed by atoms with van der Waals surface area (Å²) in [6.07, 6.45) is 0. The van der Waals surface area contributed by atoms with Crippen LogP contribution in [0.25, 0.3) is 0 Å². The van der Waals surface area contributed by atoms with Crippen LogP contribution in [0.5, 0.6) is 0 Å². The molecule has 8 heteroatoms. The Labute approximate surface area is 140 Å². The molecule has 0 bridgehead atoms. The molecule has 0 saturated carbocycles. The summed E-state index contributed by atoms with van der Waals surface area (Å²) in [7, 11) is 0. The number of hydrogen-bond acceptors (Lipinski definition) is 4. The summed E-state index contributed by atoms with van der Waals surface area (Å²) in [5.74, 6) is -1.49. The molecule has 22 heavy (non-hydrogen) atoms. The van der Waals surface area contributed by atoms with E-state index in [0.29, 0.717) is 13.1 Å². The average molecular weight is 387 g/mol. The molecular weight excluding hydrogens is 372 g/mol. The van der Waals surface area contributed by atoms with Crippen LogP contribution < -0.4 is 5.32 Å². The molecule has 0 radical (unpaired) electrons. The van der Waals surface area contributed by atoms with E-state index in [1.54, 1.807) is 12.1 Å². The minimum atomic E-state index is -0.960. The van der Waals surface area contributed by atoms with Gasteiger partial charge in [-0.1, -0.05) is 28.1 Å². The maximum absolute atomic E-state index is 12.3. The van der Waals surface area contributed by atoms with Crippen molar-refractivity contribution in [2.75, 3.05) is 24.6 Å². The first kappa shape index (κ1) is 16.8. The van der Waals surface area contributed by atoms with Crippen LogP contribution in [-0.4, -0.2) is 52.4 Å². The lowest BCUT2D eigenvalue weighted by molar-refractivity contribution is -0.141. The predicted octanol–water partition coefficient (Wildman–Crippen LogP) is 1.27. The van der Waals surface area contributed by atoms with E-state index in [0.717, 1.165) is 21.8 Å². The molecule has 1 aliphatic heterocycles. The highest BCUT2D eigenvalue weighted by atomic mass is 79.9. The fraction of sp³-hybridized carbons (Fsp3) is 0.357. The number of carbonyl (C=O) groups is 3. The lowest BCUT2D eigenvalue weighted by Crippen LogP contribution is -2.52. The Morgan fingerprint density at radius 1 is 1.32 bits per heavy atom. The van der Waals surface area contributed by atoms with E-state index in [1.807, 2.05) is 12.1 Å². The summed E-state index contributed by atoms with van der Waals surface area (Å²) in [6, 6.07) is 6.56. The highest BCUT2D eigenvalue weighted by Crippen LogP contribution is 2.25. The van der Waals surface area contributed by atoms with Crippen molar-refractivity contribution in [2.24, 2.45) is 0 Å². The number of aliphatic carboxylic acids is 1. The Bertz CT molecular complexity index is 579. The molecule has 1 aromatic carbocycles. The third-order valence-electron chi connectivity index (χ3n) is 3.17. The molecular formula is C14H15BrN2O4S. The number of piperazine rings is 1. The van der Waals surface area contributed by atoms with Gasteiger partial charge in [-0.3, -0.25) is 14.4 Å². The molecule has 0 spiro atoms. The van der Waals surface area contributed by atoms with Gasteiger partial charge in [-0.2, -0.15) is 0 Å². The smallest absolute Gasteiger partial charge is 0.313 e. The minimum absolute atomic E-state index is 0.0482. The Hall–Kier alpha value is -1.54. The SMILES string of the molecule is O=C(O)CSCC(=O)N1CCNC(=O)C1c1ccc(Br)cc1. The van der Waals surface area contributed by atoms with Crippen molar-refractivity contribution in [3.05, 3.63) is 34.3 Å². The van der Waals surface area contributed by atoms with Crippen LogP contribution in [-0.2, 0) is 14.4 Å². The number of nitrogens with one attached hydrogen (secondary N) is 1. The van der Waals surface area contributed by atoms with Gasteiger partial charge in [-0.05, 0) is 17.7 Å². The van der Waals surface area contributed by atoms with Crippen LogP contribution >= 0.6 is 27.7 Å². The van der Waals surface area contributed by atoms with Crippen LogP contribution in [0.1, 0.15) is 11.6 Å². The summed E-state index contributed by atoms with van der Waals surface area (Å²) in [6.45, 7) is 0.820. The molecule has 118 valence electrons. The van der Waals surface area contributed by atoms with Crippen LogP contribution in [0.15, 0.2) is 28.7 Å². The zero-order valence-corrected chi connectivity index (χ0v) is 14.0. The van der Waals surface area contributed by atoms with Gasteiger partial charge in [0.2, 0.25) is 11.8 Å². The molecule has 1 fully saturated rings. The third kappa shape index (κ3) is 4.23. The third-order valence-corrected chi connectivity index (χ3v) is 4.60. The lowest BCUT2D eigenvalue weighted by atomic mass is 10.0. The number of nitrogens with zero attached hydrogens (tertiary/aromatic N) is 1. The molecule has 0 aliphatic carbocycles. The number of rotatable bonds is 5. The quantitative estimate of drug-likeness (QED) is 0.795. The van der Waals surface area contributed by atoms with E-state index < -0.39 is 12.0 Å². The number of hydrogen-bond donors (Lipinski definition) is 2. The number of benzene rings is 1. The molecule has 1 heterocycles. The number of amides is 2. The number of carboxylic acids is 1. The van der Waals surface area contributed by atoms with E-state index in [4.69, 9.17) is 5.11 Å². The van der Waals surface area contributed by atoms with Crippen molar-refractivity contribution in [2.45, 2.75) is 6.04 Å². The molecule has 1 aromatic rings. The first-order chi connectivity index (χ1) is 10.5. The molecule has 6 nitrogen and oxygen atoms in total. The molecule has 1 unspecified atom stereocenters. The largest absolute Gasteiger partial charge is 0.481 e. The Kier molecular flexibility index (Phi) is 5.84. The maximum Gasteiger partial charge on any atom is 0.313 e. The maximum atomic E-state index is 12.3. The number of carboxylic acid groups (broad SMARTS) is 1. The standard InChI is InChI=1S/C14H15BrN2O4S/c15-10-3-1-9(2-4-10)13-14(21)16-5-6-17(13)11(18)7-22-8-12(19)20/h1-4,13H,5-8H2,(H,16,21)(H,19,20). The van der Waals surface area contributed by atoms with Gasteiger partial charge in [0.1, 0.15) is 6.04 Å². The summed E-state index contributed by atoms with van der Waals surface area (Å²) in [4.78, 5) is 36.5. The fourth-order valence-corrected chi connectivity index (χ4v) is 3.10. The topological polar surface area (TPSA) is 86.7 Å². The van der Waals surface area contributed by atoms with Gasteiger partial charge in [-0.25, -0.2) is 0 Å². The highest BCUT2D eigenvalue weighted by Gasteiger charge is 2.34. The summed E-state index contributed by atoms with van der Waals surface area (Å²) < 4.78 is 0.891. The monoisotopic (exact) mass is 386 g/mol. The second-order valence-electron chi connectivity index (χ2n) is 4.72. The zero-order valence-electron chi connectivity index (χ0n) is 11.6. The minimum Gasteiger partial charge on any atom is -0.481 e. The Balaban J connectivity index is 2.12. The van der Waals surface area contributed by atoms with Gasteiger partial charge in [0, 0.05) is 17.6 Å². The van der Waals surface area contributed by atoms with E-state index in [1.165, 1.54) is 4.90 Å². The fourth-order valence-electron chi connectivity index (χ4n) is 2.22. The number of carbonyl (C=O) groups excluding carboxylic acids is 2. The number of halogens is 1. The Morgan fingerprint density at radius 3 is 2.64 bits per heavy atom. The van der Waals surface area contributed by atoms with E-state index in [-0.39, 0.29) is 23.3 Å². The van der Waals surface area contributed by atoms with Gasteiger partial charge in [0.25, 0.3) is 0 Å². The molecule has 2 N–H and O–H groups in total. The van der Waals surface area contributed by atoms with Crippen molar-refractivity contribution in [1.82, 2.24) is 10.2 Å². The van der Waals surface area contributed by atoms with Crippen LogP contribution in [0, 0.1) is 0 Å². The van der Waals surface area contributed by atoms with Gasteiger partial charge in [0.05, 0.1) is 11.5 Å². The van der Waals surface area contributed by atoms with E-state index in [2.05, 4.69) is 21.2 Å². The molecule has 2 rings (SSSR count). The second kappa shape index (κ2) is 7.64. The van der Waals surface area contributed by atoms with Crippen LogP contribution in [0.2, 0.25) is 0 Å². The van der Waals surface area contributed by atoms with E-state index >= 15 is 0 Å². The molecule has 0 aromatic heterocycles. The highest BCUT2D eigenvalue weighted by molar-refractivity contribution is 9.10. The van der Waals surface area contributed by atoms with Gasteiger partial charge in [0.15, 0.2) is 0 Å². The first-order valence-corrected chi connectivity index (χ1v) is 8.56. The first-order valence-electron chi connectivity index (χ1n) is 6.61. The molecule has 1 atom stereocenters. The van der Waals surface area contributed by atoms with Crippen LogP contribution in [0.4, 0.5) is 0 Å². The average Bonchev–Trinajstić information content (AvgIpc) is 2.47. The lowest BCUT2D eigenvalue weighted by Gasteiger charge is -2.35. The molecule has 1 aliphatic rings. The molecule has 1 saturated heterocycles. The molecule has 2 amide bonds. The summed E-state index contributed by atoms with van der Waals surface area (Å²) in [5, 5.41) is 11.4. The number of thioether (sulfide) groups is 1. The Morgan fingerprint density at radius 2 is 2.00 bits per heavy atom.